The highest BCUT2D eigenvalue weighted by molar-refractivity contribution is 5.97. The van der Waals surface area contributed by atoms with Gasteiger partial charge in [0.15, 0.2) is 0 Å². The Morgan fingerprint density at radius 1 is 0.830 bits per heavy atom. The Kier molecular flexibility index (Phi) is 18.7. The van der Waals surface area contributed by atoms with Gasteiger partial charge in [-0.15, -0.1) is 0 Å². The van der Waals surface area contributed by atoms with Crippen LogP contribution in [0, 0.1) is 17.8 Å². The molecule has 15 heteroatoms. The minimum absolute atomic E-state index is 0.00788. The van der Waals surface area contributed by atoms with Crippen molar-refractivity contribution < 1.29 is 39.0 Å². The summed E-state index contributed by atoms with van der Waals surface area (Å²) < 4.78 is 0. The number of aliphatic carboxylic acids is 1. The molecule has 1 saturated heterocycles. The number of carboxylic acids is 1. The number of carboxylic acid groups (broad SMARTS) is 1. The van der Waals surface area contributed by atoms with Crippen molar-refractivity contribution in [2.45, 2.75) is 136 Å². The minimum atomic E-state index is -1.20. The number of benzene rings is 1. The monoisotopic (exact) mass is 745 g/mol. The fourth-order valence-corrected chi connectivity index (χ4v) is 6.32. The number of carbonyl (C=O) groups excluding carboxylic acids is 5. The van der Waals surface area contributed by atoms with Gasteiger partial charge in [-0.25, -0.2) is 4.79 Å². The number of rotatable bonds is 22. The Balaban J connectivity index is 2.35. The van der Waals surface area contributed by atoms with Crippen molar-refractivity contribution in [1.29, 1.82) is 0 Å². The highest BCUT2D eigenvalue weighted by atomic mass is 16.4. The Morgan fingerprint density at radius 2 is 1.43 bits per heavy atom. The Morgan fingerprint density at radius 3 is 2.00 bits per heavy atom. The molecule has 1 fully saturated rings. The molecule has 0 bridgehead atoms. The summed E-state index contributed by atoms with van der Waals surface area (Å²) in [5.41, 5.74) is 12.3. The van der Waals surface area contributed by atoms with Gasteiger partial charge in [-0.3, -0.25) is 24.0 Å². The summed E-state index contributed by atoms with van der Waals surface area (Å²) in [5, 5.41) is 30.5. The smallest absolute Gasteiger partial charge is 0.326 e. The SMILES string of the molecule is CC[C@@H](C)[C@H](NC(=O)[C@@H](Cc1ccc(O)cc1)NC(=O)[C@H]1CCCN1C(=O)[C@@H](NC(=O)[C@@H](N)CCCCN)[C@H](C)CC)C(=O)N[C@@H](CC(C)C)C(=O)O. The first kappa shape index (κ1) is 44.9. The van der Waals surface area contributed by atoms with Gasteiger partial charge in [0.25, 0.3) is 0 Å². The van der Waals surface area contributed by atoms with Crippen LogP contribution in [-0.2, 0) is 35.2 Å². The molecule has 1 aromatic carbocycles. The molecule has 298 valence electrons. The molecule has 8 atom stereocenters. The molecule has 15 nitrogen and oxygen atoms in total. The number of aromatic hydroxyl groups is 1. The van der Waals surface area contributed by atoms with Gasteiger partial charge in [-0.05, 0) is 74.1 Å². The number of likely N-dealkylation sites (tertiary alicyclic amines) is 1. The number of phenolic OH excluding ortho intramolecular Hbond substituents is 1. The van der Waals surface area contributed by atoms with Crippen molar-refractivity contribution in [3.05, 3.63) is 29.8 Å². The molecule has 0 aliphatic carbocycles. The summed E-state index contributed by atoms with van der Waals surface area (Å²) in [4.78, 5) is 81.9. The molecule has 10 N–H and O–H groups in total. The average molecular weight is 746 g/mol. The van der Waals surface area contributed by atoms with Crippen molar-refractivity contribution in [1.82, 2.24) is 26.2 Å². The predicted molar refractivity (Wildman–Crippen MR) is 201 cm³/mol. The van der Waals surface area contributed by atoms with Crippen LogP contribution in [0.5, 0.6) is 5.75 Å². The summed E-state index contributed by atoms with van der Waals surface area (Å²) in [5.74, 6) is -4.60. The van der Waals surface area contributed by atoms with Crippen LogP contribution in [0.25, 0.3) is 0 Å². The lowest BCUT2D eigenvalue weighted by Gasteiger charge is -2.33. The number of hydrogen-bond donors (Lipinski definition) is 8. The van der Waals surface area contributed by atoms with E-state index in [1.807, 2.05) is 34.6 Å². The summed E-state index contributed by atoms with van der Waals surface area (Å²) in [6.45, 7) is 11.8. The summed E-state index contributed by atoms with van der Waals surface area (Å²) in [6, 6.07) is -0.00774. The number of unbranched alkanes of at least 4 members (excludes halogenated alkanes) is 1. The van der Waals surface area contributed by atoms with E-state index in [0.29, 0.717) is 50.6 Å². The van der Waals surface area contributed by atoms with Gasteiger partial charge in [0.2, 0.25) is 29.5 Å². The highest BCUT2D eigenvalue weighted by Crippen LogP contribution is 2.23. The van der Waals surface area contributed by atoms with Gasteiger partial charge in [-0.2, -0.15) is 0 Å². The third-order valence-corrected chi connectivity index (χ3v) is 10.0. The number of nitrogens with one attached hydrogen (secondary N) is 4. The first-order valence-electron chi connectivity index (χ1n) is 19.0. The van der Waals surface area contributed by atoms with Gasteiger partial charge >= 0.3 is 5.97 Å². The van der Waals surface area contributed by atoms with Crippen LogP contribution in [0.3, 0.4) is 0 Å². The molecule has 1 aliphatic heterocycles. The molecule has 0 radical (unpaired) electrons. The van der Waals surface area contributed by atoms with Crippen molar-refractivity contribution >= 4 is 35.5 Å². The first-order chi connectivity index (χ1) is 25.0. The number of phenols is 1. The lowest BCUT2D eigenvalue weighted by molar-refractivity contribution is -0.143. The standard InChI is InChI=1S/C38H63N7O8/c1-7-23(5)31(36(50)42-29(38(52)53)20-22(3)4)43-34(48)28(21-25-14-16-26(46)17-15-25)41-35(49)30-13-11-19-45(30)37(51)32(24(6)8-2)44-33(47)27(40)12-9-10-18-39/h14-17,22-24,27-32,46H,7-13,18-21,39-40H2,1-6H3,(H,41,49)(H,42,50)(H,43,48)(H,44,47)(H,52,53)/t23-,24-,27+,28-,29+,30-,31+,32+/m1/s1. The first-order valence-corrected chi connectivity index (χ1v) is 19.0. The predicted octanol–water partition coefficient (Wildman–Crippen LogP) is 1.54. The zero-order valence-electron chi connectivity index (χ0n) is 32.2. The second kappa shape index (κ2) is 22.1. The van der Waals surface area contributed by atoms with E-state index in [4.69, 9.17) is 11.5 Å². The normalized spacial score (nSPS) is 18.2. The van der Waals surface area contributed by atoms with Crippen LogP contribution in [0.2, 0.25) is 0 Å². The van der Waals surface area contributed by atoms with E-state index in [1.165, 1.54) is 17.0 Å². The zero-order chi connectivity index (χ0) is 39.8. The summed E-state index contributed by atoms with van der Waals surface area (Å²) in [6.07, 6.45) is 3.92. The third kappa shape index (κ3) is 13.9. The molecule has 1 aromatic rings. The number of amides is 5. The van der Waals surface area contributed by atoms with Crippen molar-refractivity contribution in [2.24, 2.45) is 29.2 Å². The number of nitrogens with zero attached hydrogens (tertiary/aromatic N) is 1. The van der Waals surface area contributed by atoms with E-state index >= 15 is 0 Å². The van der Waals surface area contributed by atoms with Crippen LogP contribution >= 0.6 is 0 Å². The molecule has 2 rings (SSSR count). The van der Waals surface area contributed by atoms with Gasteiger partial charge in [0.1, 0.15) is 36.0 Å². The van der Waals surface area contributed by atoms with Gasteiger partial charge in [-0.1, -0.05) is 72.9 Å². The van der Waals surface area contributed by atoms with Gasteiger partial charge in [0.05, 0.1) is 6.04 Å². The Bertz CT molecular complexity index is 1370. The highest BCUT2D eigenvalue weighted by Gasteiger charge is 2.41. The molecule has 0 spiro atoms. The quantitative estimate of drug-likeness (QED) is 0.0796. The Hall–Kier alpha value is -4.24. The number of hydrogen-bond acceptors (Lipinski definition) is 9. The molecule has 1 aliphatic rings. The van der Waals surface area contributed by atoms with E-state index in [1.54, 1.807) is 19.1 Å². The van der Waals surface area contributed by atoms with Gasteiger partial charge < -0.3 is 47.8 Å². The zero-order valence-corrected chi connectivity index (χ0v) is 32.2. The second-order valence-corrected chi connectivity index (χ2v) is 14.8. The van der Waals surface area contributed by atoms with Crippen LogP contribution in [0.1, 0.15) is 98.5 Å². The molecule has 0 unspecified atom stereocenters. The van der Waals surface area contributed by atoms with E-state index in [0.717, 1.165) is 6.42 Å². The molecule has 1 heterocycles. The molecule has 5 amide bonds. The topological polar surface area (TPSA) is 246 Å². The van der Waals surface area contributed by atoms with Gasteiger partial charge in [0, 0.05) is 13.0 Å². The largest absolute Gasteiger partial charge is 0.508 e. The maximum Gasteiger partial charge on any atom is 0.326 e. The number of nitrogens with two attached hydrogens (primary N) is 2. The Labute approximate surface area is 313 Å². The van der Waals surface area contributed by atoms with Crippen LogP contribution in [-0.4, -0.2) is 100.0 Å². The van der Waals surface area contributed by atoms with Crippen LogP contribution < -0.4 is 32.7 Å². The van der Waals surface area contributed by atoms with E-state index < -0.39 is 71.8 Å². The van der Waals surface area contributed by atoms with Crippen molar-refractivity contribution in [3.63, 3.8) is 0 Å². The van der Waals surface area contributed by atoms with E-state index in [9.17, 15) is 39.0 Å². The van der Waals surface area contributed by atoms with Crippen molar-refractivity contribution in [2.75, 3.05) is 13.1 Å². The van der Waals surface area contributed by atoms with E-state index in [2.05, 4.69) is 21.3 Å². The number of carbonyl (C=O) groups is 6. The lowest BCUT2D eigenvalue weighted by Crippen LogP contribution is -2.60. The van der Waals surface area contributed by atoms with E-state index in [-0.39, 0.29) is 42.9 Å². The van der Waals surface area contributed by atoms with Crippen LogP contribution in [0.15, 0.2) is 24.3 Å². The average Bonchev–Trinajstić information content (AvgIpc) is 3.62. The molecule has 53 heavy (non-hydrogen) atoms. The fourth-order valence-electron chi connectivity index (χ4n) is 6.32. The summed E-state index contributed by atoms with van der Waals surface area (Å²) in [7, 11) is 0. The fraction of sp³-hybridized carbons (Fsp3) is 0.684. The molecule has 0 saturated carbocycles. The maximum atomic E-state index is 14.0. The third-order valence-electron chi connectivity index (χ3n) is 10.0. The van der Waals surface area contributed by atoms with Crippen LogP contribution in [0.4, 0.5) is 0 Å². The molecule has 0 aromatic heterocycles. The lowest BCUT2D eigenvalue weighted by atomic mass is 9.96. The molecular formula is C38H63N7O8. The summed E-state index contributed by atoms with van der Waals surface area (Å²) >= 11 is 0. The minimum Gasteiger partial charge on any atom is -0.508 e. The second-order valence-electron chi connectivity index (χ2n) is 14.8. The maximum absolute atomic E-state index is 14.0. The molecular weight excluding hydrogens is 682 g/mol. The van der Waals surface area contributed by atoms with Crippen molar-refractivity contribution in [3.8, 4) is 5.75 Å².